The van der Waals surface area contributed by atoms with E-state index in [1.54, 1.807) is 6.07 Å². The van der Waals surface area contributed by atoms with Gasteiger partial charge in [0.05, 0.1) is 26.6 Å². The Morgan fingerprint density at radius 2 is 1.44 bits per heavy atom. The summed E-state index contributed by atoms with van der Waals surface area (Å²) in [5, 5.41) is -0.317. The molecule has 8 heteroatoms. The summed E-state index contributed by atoms with van der Waals surface area (Å²) in [6.45, 7) is 0. The van der Waals surface area contributed by atoms with Crippen molar-refractivity contribution in [2.24, 2.45) is 0 Å². The van der Waals surface area contributed by atoms with Crippen LogP contribution in [0.1, 0.15) is 10.4 Å². The first-order valence-corrected chi connectivity index (χ1v) is 8.44. The summed E-state index contributed by atoms with van der Waals surface area (Å²) in [5.74, 6) is -4.72. The van der Waals surface area contributed by atoms with E-state index >= 15 is 0 Å². The Morgan fingerprint density at radius 3 is 1.84 bits per heavy atom. The number of alkyl halides is 3. The highest BCUT2D eigenvalue weighted by Crippen LogP contribution is 2.58. The van der Waals surface area contributed by atoms with E-state index < -0.39 is 19.4 Å². The molecule has 2 rings (SSSR count). The van der Waals surface area contributed by atoms with Crippen molar-refractivity contribution in [3.05, 3.63) is 48.0 Å². The molecular weight excluding hydrogens is 356 g/mol. The molecule has 2 aromatic carbocycles. The lowest BCUT2D eigenvalue weighted by atomic mass is 10.2. The van der Waals surface area contributed by atoms with Crippen LogP contribution in [0.5, 0.6) is 17.2 Å². The van der Waals surface area contributed by atoms with Crippen LogP contribution in [-0.2, 0) is 0 Å². The minimum atomic E-state index is -4.77. The molecular formula is C17H16F3O4P. The molecule has 0 aliphatic carbocycles. The third-order valence-corrected chi connectivity index (χ3v) is 5.45. The first-order chi connectivity index (χ1) is 11.8. The zero-order valence-electron chi connectivity index (χ0n) is 13.8. The summed E-state index contributed by atoms with van der Waals surface area (Å²) in [4.78, 5) is 12.6. The number of halogens is 3. The van der Waals surface area contributed by atoms with Gasteiger partial charge in [-0.25, -0.2) is 0 Å². The van der Waals surface area contributed by atoms with E-state index in [1.165, 1.54) is 57.7 Å². The third kappa shape index (κ3) is 4.04. The molecule has 1 unspecified atom stereocenters. The van der Waals surface area contributed by atoms with Gasteiger partial charge in [-0.3, -0.25) is 4.79 Å². The minimum Gasteiger partial charge on any atom is -0.496 e. The number of carbonyl (C=O) groups is 1. The Labute approximate surface area is 144 Å². The molecule has 0 amide bonds. The quantitative estimate of drug-likeness (QED) is 0.714. The molecule has 0 bridgehead atoms. The van der Waals surface area contributed by atoms with E-state index in [1.807, 2.05) is 0 Å². The molecule has 0 radical (unpaired) electrons. The second-order valence-electron chi connectivity index (χ2n) is 4.85. The Hall–Kier alpha value is -2.27. The zero-order chi connectivity index (χ0) is 18.6. The lowest BCUT2D eigenvalue weighted by Gasteiger charge is -2.24. The van der Waals surface area contributed by atoms with E-state index in [2.05, 4.69) is 0 Å². The van der Waals surface area contributed by atoms with E-state index in [0.29, 0.717) is 0 Å². The zero-order valence-corrected chi connectivity index (χ0v) is 14.6. The fraction of sp³-hybridized carbons (Fsp3) is 0.235. The normalized spacial score (nSPS) is 12.4. The predicted molar refractivity (Wildman–Crippen MR) is 89.5 cm³/mol. The van der Waals surface area contributed by atoms with Gasteiger partial charge in [-0.15, -0.1) is 0 Å². The van der Waals surface area contributed by atoms with E-state index in [-0.39, 0.29) is 28.1 Å². The van der Waals surface area contributed by atoms with Crippen molar-refractivity contribution in [2.75, 3.05) is 21.3 Å². The number of ether oxygens (including phenoxy) is 3. The standard InChI is InChI=1S/C17H16F3O4P/c1-22-12-9-13(23-2)15(14(10-12)24-3)25(17(18,19)20)16(21)11-7-5-4-6-8-11/h4-10H,1-3H3. The fourth-order valence-electron chi connectivity index (χ4n) is 2.26. The molecule has 0 saturated heterocycles. The molecule has 2 aromatic rings. The second kappa shape index (κ2) is 7.74. The first kappa shape index (κ1) is 19.1. The van der Waals surface area contributed by atoms with Gasteiger partial charge >= 0.3 is 5.92 Å². The summed E-state index contributed by atoms with van der Waals surface area (Å²) in [6.07, 6.45) is 0. The van der Waals surface area contributed by atoms with Crippen LogP contribution < -0.4 is 19.5 Å². The van der Waals surface area contributed by atoms with E-state index in [4.69, 9.17) is 14.2 Å². The highest BCUT2D eigenvalue weighted by atomic mass is 31.1. The van der Waals surface area contributed by atoms with Crippen LogP contribution >= 0.6 is 7.92 Å². The summed E-state index contributed by atoms with van der Waals surface area (Å²) in [5.41, 5.74) is -1.05. The van der Waals surface area contributed by atoms with Gasteiger partial charge in [-0.1, -0.05) is 30.3 Å². The van der Waals surface area contributed by atoms with Gasteiger partial charge in [-0.2, -0.15) is 13.2 Å². The van der Waals surface area contributed by atoms with Crippen LogP contribution in [0, 0.1) is 0 Å². The van der Waals surface area contributed by atoms with Gasteiger partial charge in [0.15, 0.2) is 5.52 Å². The molecule has 4 nitrogen and oxygen atoms in total. The van der Waals surface area contributed by atoms with Crippen LogP contribution in [-0.4, -0.2) is 32.8 Å². The molecule has 0 spiro atoms. The smallest absolute Gasteiger partial charge is 0.417 e. The summed E-state index contributed by atoms with van der Waals surface area (Å²) in [7, 11) is 0.583. The Morgan fingerprint density at radius 1 is 0.920 bits per heavy atom. The van der Waals surface area contributed by atoms with Gasteiger partial charge in [0.1, 0.15) is 25.2 Å². The first-order valence-electron chi connectivity index (χ1n) is 7.09. The SMILES string of the molecule is COc1cc(OC)c(P(C(=O)c2ccccc2)C(F)(F)F)c(OC)c1. The van der Waals surface area contributed by atoms with Gasteiger partial charge in [0, 0.05) is 17.7 Å². The number of benzene rings is 2. The summed E-state index contributed by atoms with van der Waals surface area (Å²) < 4.78 is 56.7. The fourth-order valence-corrected chi connectivity index (χ4v) is 4.11. The topological polar surface area (TPSA) is 44.8 Å². The molecule has 0 heterocycles. The average molecular weight is 372 g/mol. The lowest BCUT2D eigenvalue weighted by Crippen LogP contribution is -2.24. The van der Waals surface area contributed by atoms with Crippen molar-refractivity contribution >= 4 is 18.8 Å². The van der Waals surface area contributed by atoms with Crippen molar-refractivity contribution < 1.29 is 32.2 Å². The van der Waals surface area contributed by atoms with Crippen molar-refractivity contribution in [1.29, 1.82) is 0 Å². The van der Waals surface area contributed by atoms with Gasteiger partial charge in [0.2, 0.25) is 0 Å². The molecule has 0 aromatic heterocycles. The molecule has 1 atom stereocenters. The van der Waals surface area contributed by atoms with Crippen LogP contribution in [0.4, 0.5) is 13.2 Å². The average Bonchev–Trinajstić information content (AvgIpc) is 2.61. The maximum absolute atomic E-state index is 13.8. The molecule has 0 N–H and O–H groups in total. The van der Waals surface area contributed by atoms with Crippen LogP contribution in [0.2, 0.25) is 0 Å². The van der Waals surface area contributed by atoms with Crippen LogP contribution in [0.25, 0.3) is 0 Å². The van der Waals surface area contributed by atoms with E-state index in [0.717, 1.165) is 0 Å². The number of carbonyl (C=O) groups excluding carboxylic acids is 1. The highest BCUT2D eigenvalue weighted by Gasteiger charge is 2.49. The number of hydrogen-bond acceptors (Lipinski definition) is 4. The van der Waals surface area contributed by atoms with Crippen molar-refractivity contribution in [2.45, 2.75) is 5.92 Å². The lowest BCUT2D eigenvalue weighted by molar-refractivity contribution is -0.0384. The van der Waals surface area contributed by atoms with Crippen molar-refractivity contribution in [1.82, 2.24) is 0 Å². The third-order valence-electron chi connectivity index (χ3n) is 3.39. The summed E-state index contributed by atoms with van der Waals surface area (Å²) >= 11 is 0. The summed E-state index contributed by atoms with van der Waals surface area (Å²) in [6, 6.07) is 9.96. The molecule has 0 aliphatic heterocycles. The molecule has 0 saturated carbocycles. The maximum Gasteiger partial charge on any atom is 0.417 e. The Balaban J connectivity index is 2.69. The molecule has 25 heavy (non-hydrogen) atoms. The van der Waals surface area contributed by atoms with Crippen molar-refractivity contribution in [3.63, 3.8) is 0 Å². The predicted octanol–water partition coefficient (Wildman–Crippen LogP) is 4.18. The minimum absolute atomic E-state index is 0.0224. The van der Waals surface area contributed by atoms with Crippen LogP contribution in [0.15, 0.2) is 42.5 Å². The number of hydrogen-bond donors (Lipinski definition) is 0. The van der Waals surface area contributed by atoms with Gasteiger partial charge < -0.3 is 14.2 Å². The van der Waals surface area contributed by atoms with Crippen LogP contribution in [0.3, 0.4) is 0 Å². The Kier molecular flexibility index (Phi) is 5.90. The van der Waals surface area contributed by atoms with Gasteiger partial charge in [0.25, 0.3) is 0 Å². The largest absolute Gasteiger partial charge is 0.496 e. The number of rotatable bonds is 6. The second-order valence-corrected chi connectivity index (χ2v) is 6.89. The van der Waals surface area contributed by atoms with Gasteiger partial charge in [-0.05, 0) is 0 Å². The monoisotopic (exact) mass is 372 g/mol. The molecule has 134 valence electrons. The molecule has 0 fully saturated rings. The Bertz CT molecular complexity index is 722. The highest BCUT2D eigenvalue weighted by molar-refractivity contribution is 7.83. The van der Waals surface area contributed by atoms with Crippen molar-refractivity contribution in [3.8, 4) is 17.2 Å². The number of methoxy groups -OCH3 is 3. The maximum atomic E-state index is 13.8. The molecule has 0 aliphatic rings. The van der Waals surface area contributed by atoms with E-state index in [9.17, 15) is 18.0 Å².